The van der Waals surface area contributed by atoms with Gasteiger partial charge in [0, 0.05) is 5.56 Å². The van der Waals surface area contributed by atoms with E-state index in [0.29, 0.717) is 11.3 Å². The van der Waals surface area contributed by atoms with Crippen molar-refractivity contribution in [2.45, 2.75) is 6.10 Å². The zero-order valence-corrected chi connectivity index (χ0v) is 9.96. The van der Waals surface area contributed by atoms with E-state index in [0.717, 1.165) is 4.47 Å². The average molecular weight is 263 g/mol. The molecule has 1 aromatic carbocycles. The molecule has 0 saturated carbocycles. The highest BCUT2D eigenvalue weighted by atomic mass is 32.2. The van der Waals surface area contributed by atoms with Crippen molar-refractivity contribution in [3.63, 3.8) is 0 Å². The Bertz CT molecular complexity index is 679. The molecule has 1 N–H and O–H groups in total. The molecule has 0 aromatic heterocycles. The van der Waals surface area contributed by atoms with Gasteiger partial charge in [-0.05, 0) is 18.2 Å². The molecule has 1 unspecified atom stereocenters. The van der Waals surface area contributed by atoms with Gasteiger partial charge in [-0.1, -0.05) is 18.2 Å². The van der Waals surface area contributed by atoms with Crippen LogP contribution in [0, 0.1) is 5.41 Å². The maximum Gasteiger partial charge on any atom is 0.367 e. The van der Waals surface area contributed by atoms with Gasteiger partial charge in [0.05, 0.1) is 17.6 Å². The summed E-state index contributed by atoms with van der Waals surface area (Å²) in [5, 5.41) is 7.45. The second-order valence-corrected chi connectivity index (χ2v) is 5.28. The molecule has 6 nitrogen and oxygen atoms in total. The smallest absolute Gasteiger partial charge is 0.302 e. The Labute approximate surface area is 104 Å². The van der Waals surface area contributed by atoms with E-state index in [4.69, 9.17) is 10.2 Å². The third-order valence-corrected chi connectivity index (χ3v) is 3.71. The van der Waals surface area contributed by atoms with Gasteiger partial charge in [0.2, 0.25) is 0 Å². The van der Waals surface area contributed by atoms with Crippen LogP contribution in [0.3, 0.4) is 0 Å². The Morgan fingerprint density at radius 2 is 2.11 bits per heavy atom. The zero-order valence-electron chi connectivity index (χ0n) is 9.15. The first-order chi connectivity index (χ1) is 8.58. The summed E-state index contributed by atoms with van der Waals surface area (Å²) < 4.78 is 27.9. The fourth-order valence-electron chi connectivity index (χ4n) is 1.63. The van der Waals surface area contributed by atoms with Crippen LogP contribution in [0.4, 0.5) is 5.69 Å². The molecule has 0 spiro atoms. The van der Waals surface area contributed by atoms with Crippen LogP contribution in [0.5, 0.6) is 0 Å². The van der Waals surface area contributed by atoms with Crippen molar-refractivity contribution in [3.8, 4) is 0 Å². The van der Waals surface area contributed by atoms with Gasteiger partial charge < -0.3 is 5.41 Å². The van der Waals surface area contributed by atoms with E-state index in [-0.39, 0.29) is 5.71 Å². The molecule has 1 atom stereocenters. The number of anilines is 1. The van der Waals surface area contributed by atoms with E-state index in [1.54, 1.807) is 36.4 Å². The monoisotopic (exact) mass is 263 g/mol. The van der Waals surface area contributed by atoms with E-state index in [2.05, 4.69) is 4.40 Å². The molecule has 1 aliphatic heterocycles. The molecule has 0 fully saturated rings. The average Bonchev–Trinajstić information content (AvgIpc) is 2.35. The quantitative estimate of drug-likeness (QED) is 0.866. The lowest BCUT2D eigenvalue weighted by atomic mass is 10.1. The summed E-state index contributed by atoms with van der Waals surface area (Å²) in [5.41, 5.74) is 1.29. The van der Waals surface area contributed by atoms with Gasteiger partial charge in [0.1, 0.15) is 6.10 Å². The van der Waals surface area contributed by atoms with E-state index in [1.807, 2.05) is 0 Å². The predicted octanol–water partition coefficient (Wildman–Crippen LogP) is 1.06. The Hall–Kier alpha value is -1.99. The van der Waals surface area contributed by atoms with Crippen molar-refractivity contribution in [2.24, 2.45) is 4.40 Å². The first kappa shape index (κ1) is 11.1. The molecule has 7 heteroatoms. The van der Waals surface area contributed by atoms with Crippen LogP contribution in [0.2, 0.25) is 0 Å². The molecular weight excluding hydrogens is 254 g/mol. The van der Waals surface area contributed by atoms with Crippen molar-refractivity contribution in [3.05, 3.63) is 42.0 Å². The molecule has 0 amide bonds. The summed E-state index contributed by atoms with van der Waals surface area (Å²) in [4.78, 5) is 5.30. The van der Waals surface area contributed by atoms with Gasteiger partial charge in [0.15, 0.2) is 0 Å². The number of para-hydroxylation sites is 1. The molecule has 3 rings (SSSR count). The van der Waals surface area contributed by atoms with Gasteiger partial charge in [-0.25, -0.2) is 4.84 Å². The Morgan fingerprint density at radius 3 is 2.78 bits per heavy atom. The summed E-state index contributed by atoms with van der Waals surface area (Å²) >= 11 is 0. The van der Waals surface area contributed by atoms with Gasteiger partial charge in [0.25, 0.3) is 0 Å². The molecule has 92 valence electrons. The number of rotatable bonds is 2. The fraction of sp³-hybridized carbons (Fsp3) is 0.0909. The third kappa shape index (κ3) is 1.64. The lowest BCUT2D eigenvalue weighted by Gasteiger charge is -2.29. The molecule has 2 aliphatic rings. The number of hydrogen-bond donors (Lipinski definition) is 1. The van der Waals surface area contributed by atoms with E-state index in [9.17, 15) is 8.42 Å². The van der Waals surface area contributed by atoms with Crippen molar-refractivity contribution < 1.29 is 13.3 Å². The van der Waals surface area contributed by atoms with Crippen LogP contribution in [0.1, 0.15) is 5.56 Å². The van der Waals surface area contributed by atoms with Crippen LogP contribution < -0.4 is 4.47 Å². The Balaban J connectivity index is 2.02. The summed E-state index contributed by atoms with van der Waals surface area (Å²) in [7, 11) is -3.88. The first-order valence-corrected chi connectivity index (χ1v) is 6.61. The van der Waals surface area contributed by atoms with Crippen molar-refractivity contribution in [1.82, 2.24) is 0 Å². The number of nitrogens with one attached hydrogen (secondary N) is 1. The standard InChI is InChI=1S/C11H9N3O3S/c12-9-5-6-11(9)17-14-10-4-2-1-3-8(10)7-13-18(14,15)16/h1-7,11-12H. The Kier molecular flexibility index (Phi) is 2.32. The van der Waals surface area contributed by atoms with Crippen molar-refractivity contribution in [1.29, 1.82) is 5.41 Å². The van der Waals surface area contributed by atoms with E-state index in [1.165, 1.54) is 6.21 Å². The molecule has 18 heavy (non-hydrogen) atoms. The molecule has 1 aromatic rings. The predicted molar refractivity (Wildman–Crippen MR) is 67.2 cm³/mol. The van der Waals surface area contributed by atoms with Crippen LogP contribution in [0.15, 0.2) is 40.8 Å². The number of benzene rings is 1. The largest absolute Gasteiger partial charge is 0.367 e. The number of hydrogen-bond acceptors (Lipinski definition) is 4. The molecular formula is C11H9N3O3S. The summed E-state index contributed by atoms with van der Waals surface area (Å²) in [6.45, 7) is 0. The topological polar surface area (TPSA) is 82.8 Å². The van der Waals surface area contributed by atoms with Crippen LogP contribution in [-0.2, 0) is 15.0 Å². The normalized spacial score (nSPS) is 23.7. The first-order valence-electron chi connectivity index (χ1n) is 5.21. The van der Waals surface area contributed by atoms with Crippen LogP contribution in [0.25, 0.3) is 0 Å². The van der Waals surface area contributed by atoms with Gasteiger partial charge in [-0.15, -0.1) is 4.47 Å². The Morgan fingerprint density at radius 1 is 1.33 bits per heavy atom. The second-order valence-electron chi connectivity index (χ2n) is 3.84. The molecule has 1 heterocycles. The minimum absolute atomic E-state index is 0.234. The summed E-state index contributed by atoms with van der Waals surface area (Å²) in [6, 6.07) is 6.87. The van der Waals surface area contributed by atoms with Crippen LogP contribution in [-0.4, -0.2) is 26.4 Å². The summed E-state index contributed by atoms with van der Waals surface area (Å²) in [6.07, 6.45) is 3.81. The zero-order chi connectivity index (χ0) is 12.8. The minimum Gasteiger partial charge on any atom is -0.302 e. The minimum atomic E-state index is -3.88. The second kappa shape index (κ2) is 3.76. The summed E-state index contributed by atoms with van der Waals surface area (Å²) in [5.74, 6) is 0. The lowest BCUT2D eigenvalue weighted by Crippen LogP contribution is -2.40. The maximum atomic E-state index is 11.8. The molecule has 1 aliphatic carbocycles. The van der Waals surface area contributed by atoms with Crippen molar-refractivity contribution >= 4 is 27.8 Å². The number of nitrogens with zero attached hydrogens (tertiary/aromatic N) is 2. The van der Waals surface area contributed by atoms with E-state index >= 15 is 0 Å². The third-order valence-electron chi connectivity index (χ3n) is 2.63. The SMILES string of the molecule is N=C1C=CC1ON1c2ccccc2C=NS1(=O)=O. The van der Waals surface area contributed by atoms with Gasteiger partial charge in [-0.2, -0.15) is 12.8 Å². The van der Waals surface area contributed by atoms with Crippen molar-refractivity contribution in [2.75, 3.05) is 4.47 Å². The van der Waals surface area contributed by atoms with Gasteiger partial charge in [-0.3, -0.25) is 0 Å². The lowest BCUT2D eigenvalue weighted by molar-refractivity contribution is 0.136. The highest BCUT2D eigenvalue weighted by Crippen LogP contribution is 2.28. The fourth-order valence-corrected chi connectivity index (χ4v) is 2.58. The molecule has 0 radical (unpaired) electrons. The highest BCUT2D eigenvalue weighted by molar-refractivity contribution is 7.91. The highest BCUT2D eigenvalue weighted by Gasteiger charge is 2.32. The molecule has 0 bridgehead atoms. The maximum absolute atomic E-state index is 11.8. The van der Waals surface area contributed by atoms with Crippen LogP contribution >= 0.6 is 0 Å². The van der Waals surface area contributed by atoms with E-state index < -0.39 is 16.3 Å². The van der Waals surface area contributed by atoms with Gasteiger partial charge >= 0.3 is 10.2 Å². The molecule has 0 saturated heterocycles. The number of fused-ring (bicyclic) bond motifs is 1.